The maximum absolute atomic E-state index is 11.7. The number of fused-ring (bicyclic) bond motifs is 1. The number of ether oxygens (including phenoxy) is 1. The van der Waals surface area contributed by atoms with Crippen molar-refractivity contribution in [2.24, 2.45) is 0 Å². The lowest BCUT2D eigenvalue weighted by Gasteiger charge is -2.21. The average molecular weight is 275 g/mol. The SMILES string of the molecule is CC(C)(C)OC(=O)NC(C=O)c1cnc2ccccn12. The average Bonchev–Trinajstić information content (AvgIpc) is 2.77. The van der Waals surface area contributed by atoms with E-state index in [2.05, 4.69) is 10.3 Å². The second-order valence-electron chi connectivity index (χ2n) is 5.37. The summed E-state index contributed by atoms with van der Waals surface area (Å²) in [4.78, 5) is 27.2. The number of imidazole rings is 1. The van der Waals surface area contributed by atoms with E-state index in [0.29, 0.717) is 17.6 Å². The van der Waals surface area contributed by atoms with Gasteiger partial charge in [-0.1, -0.05) is 6.07 Å². The molecule has 2 rings (SSSR count). The molecule has 6 heteroatoms. The zero-order valence-corrected chi connectivity index (χ0v) is 11.7. The number of hydrogen-bond acceptors (Lipinski definition) is 4. The minimum atomic E-state index is -0.803. The molecule has 2 aromatic heterocycles. The maximum Gasteiger partial charge on any atom is 0.408 e. The summed E-state index contributed by atoms with van der Waals surface area (Å²) in [5.74, 6) is 0. The molecule has 0 spiro atoms. The fourth-order valence-corrected chi connectivity index (χ4v) is 1.79. The monoisotopic (exact) mass is 275 g/mol. The quantitative estimate of drug-likeness (QED) is 0.871. The molecular weight excluding hydrogens is 258 g/mol. The molecule has 2 aromatic rings. The Balaban J connectivity index is 2.20. The van der Waals surface area contributed by atoms with Crippen LogP contribution in [0, 0.1) is 0 Å². The van der Waals surface area contributed by atoms with E-state index in [0.717, 1.165) is 0 Å². The number of aromatic nitrogens is 2. The van der Waals surface area contributed by atoms with Crippen molar-refractivity contribution in [1.82, 2.24) is 14.7 Å². The highest BCUT2D eigenvalue weighted by Crippen LogP contribution is 2.15. The highest BCUT2D eigenvalue weighted by Gasteiger charge is 2.22. The summed E-state index contributed by atoms with van der Waals surface area (Å²) in [5, 5.41) is 2.53. The molecule has 20 heavy (non-hydrogen) atoms. The number of amides is 1. The first-order chi connectivity index (χ1) is 9.40. The lowest BCUT2D eigenvalue weighted by atomic mass is 10.2. The Labute approximate surface area is 116 Å². The molecule has 0 bridgehead atoms. The van der Waals surface area contributed by atoms with E-state index in [1.54, 1.807) is 37.6 Å². The van der Waals surface area contributed by atoms with Crippen LogP contribution in [0.2, 0.25) is 0 Å². The molecular formula is C14H17N3O3. The van der Waals surface area contributed by atoms with Crippen molar-refractivity contribution in [2.75, 3.05) is 0 Å². The first kappa shape index (κ1) is 14.0. The Bertz CT molecular complexity index is 628. The molecule has 0 saturated carbocycles. The smallest absolute Gasteiger partial charge is 0.408 e. The van der Waals surface area contributed by atoms with Gasteiger partial charge < -0.3 is 19.2 Å². The summed E-state index contributed by atoms with van der Waals surface area (Å²) < 4.78 is 6.89. The van der Waals surface area contributed by atoms with E-state index >= 15 is 0 Å². The number of carbonyl (C=O) groups excluding carboxylic acids is 2. The lowest BCUT2D eigenvalue weighted by molar-refractivity contribution is -0.109. The highest BCUT2D eigenvalue weighted by atomic mass is 16.6. The Morgan fingerprint density at radius 1 is 1.45 bits per heavy atom. The number of nitrogens with zero attached hydrogens (tertiary/aromatic N) is 2. The van der Waals surface area contributed by atoms with Crippen LogP contribution < -0.4 is 5.32 Å². The summed E-state index contributed by atoms with van der Waals surface area (Å²) >= 11 is 0. The van der Waals surface area contributed by atoms with Gasteiger partial charge >= 0.3 is 6.09 Å². The Morgan fingerprint density at radius 2 is 2.20 bits per heavy atom. The third-order valence-corrected chi connectivity index (χ3v) is 2.57. The molecule has 0 fully saturated rings. The van der Waals surface area contributed by atoms with E-state index in [1.165, 1.54) is 0 Å². The van der Waals surface area contributed by atoms with Crippen LogP contribution in [0.1, 0.15) is 32.5 Å². The third-order valence-electron chi connectivity index (χ3n) is 2.57. The number of carbonyl (C=O) groups is 2. The summed E-state index contributed by atoms with van der Waals surface area (Å²) in [6, 6.07) is 4.69. The molecule has 1 N–H and O–H groups in total. The minimum Gasteiger partial charge on any atom is -0.444 e. The Hall–Kier alpha value is -2.37. The molecule has 0 aliphatic heterocycles. The van der Waals surface area contributed by atoms with Gasteiger partial charge in [-0.15, -0.1) is 0 Å². The number of alkyl carbamates (subject to hydrolysis) is 1. The van der Waals surface area contributed by atoms with Crippen molar-refractivity contribution in [3.63, 3.8) is 0 Å². The molecule has 0 radical (unpaired) electrons. The molecule has 0 aliphatic carbocycles. The molecule has 0 aromatic carbocycles. The van der Waals surface area contributed by atoms with Gasteiger partial charge in [0, 0.05) is 6.20 Å². The molecule has 6 nitrogen and oxygen atoms in total. The molecule has 1 unspecified atom stereocenters. The van der Waals surface area contributed by atoms with Gasteiger partial charge in [0.1, 0.15) is 23.6 Å². The zero-order chi connectivity index (χ0) is 14.8. The van der Waals surface area contributed by atoms with Crippen molar-refractivity contribution < 1.29 is 14.3 Å². The maximum atomic E-state index is 11.7. The number of hydrogen-bond donors (Lipinski definition) is 1. The van der Waals surface area contributed by atoms with Crippen molar-refractivity contribution in [3.05, 3.63) is 36.3 Å². The van der Waals surface area contributed by atoms with E-state index < -0.39 is 17.7 Å². The van der Waals surface area contributed by atoms with Crippen molar-refractivity contribution >= 4 is 18.0 Å². The van der Waals surface area contributed by atoms with Gasteiger partial charge in [-0.3, -0.25) is 0 Å². The molecule has 1 atom stereocenters. The van der Waals surface area contributed by atoms with Gasteiger partial charge in [-0.2, -0.15) is 0 Å². The van der Waals surface area contributed by atoms with Crippen LogP contribution >= 0.6 is 0 Å². The second kappa shape index (κ2) is 5.32. The Kier molecular flexibility index (Phi) is 3.74. The molecule has 1 amide bonds. The van der Waals surface area contributed by atoms with E-state index in [1.807, 2.05) is 18.2 Å². The molecule has 0 saturated heterocycles. The standard InChI is InChI=1S/C14H17N3O3/c1-14(2,3)20-13(19)16-10(9-18)11-8-15-12-6-4-5-7-17(11)12/h4-10H,1-3H3,(H,16,19). The van der Waals surface area contributed by atoms with Gasteiger partial charge in [0.15, 0.2) is 0 Å². The summed E-state index contributed by atoms with van der Waals surface area (Å²) in [6.45, 7) is 5.28. The largest absolute Gasteiger partial charge is 0.444 e. The predicted molar refractivity (Wildman–Crippen MR) is 73.4 cm³/mol. The second-order valence-corrected chi connectivity index (χ2v) is 5.37. The van der Waals surface area contributed by atoms with E-state index in [9.17, 15) is 9.59 Å². The summed E-state index contributed by atoms with van der Waals surface area (Å²) in [7, 11) is 0. The lowest BCUT2D eigenvalue weighted by Crippen LogP contribution is -2.35. The molecule has 106 valence electrons. The number of rotatable bonds is 3. The zero-order valence-electron chi connectivity index (χ0n) is 11.7. The van der Waals surface area contributed by atoms with Crippen LogP contribution in [0.4, 0.5) is 4.79 Å². The van der Waals surface area contributed by atoms with Crippen LogP contribution in [0.3, 0.4) is 0 Å². The fourth-order valence-electron chi connectivity index (χ4n) is 1.79. The van der Waals surface area contributed by atoms with Gasteiger partial charge in [0.25, 0.3) is 0 Å². The van der Waals surface area contributed by atoms with Crippen molar-refractivity contribution in [2.45, 2.75) is 32.4 Å². The van der Waals surface area contributed by atoms with Gasteiger partial charge in [0.2, 0.25) is 0 Å². The summed E-state index contributed by atoms with van der Waals surface area (Å²) in [5.41, 5.74) is 0.679. The van der Waals surface area contributed by atoms with Gasteiger partial charge in [0.05, 0.1) is 11.9 Å². The summed E-state index contributed by atoms with van der Waals surface area (Å²) in [6.07, 6.45) is 3.36. The first-order valence-electron chi connectivity index (χ1n) is 6.27. The van der Waals surface area contributed by atoms with E-state index in [-0.39, 0.29) is 0 Å². The van der Waals surface area contributed by atoms with Crippen molar-refractivity contribution in [1.29, 1.82) is 0 Å². The van der Waals surface area contributed by atoms with Crippen LogP contribution in [0.25, 0.3) is 5.65 Å². The molecule has 0 aliphatic rings. The first-order valence-corrected chi connectivity index (χ1v) is 6.27. The van der Waals surface area contributed by atoms with Crippen LogP contribution in [-0.4, -0.2) is 27.4 Å². The van der Waals surface area contributed by atoms with Gasteiger partial charge in [-0.05, 0) is 32.9 Å². The molecule has 2 heterocycles. The minimum absolute atomic E-state index is 0.585. The number of pyridine rings is 1. The van der Waals surface area contributed by atoms with Crippen LogP contribution in [0.15, 0.2) is 30.6 Å². The number of nitrogens with one attached hydrogen (secondary N) is 1. The topological polar surface area (TPSA) is 72.7 Å². The third kappa shape index (κ3) is 3.14. The van der Waals surface area contributed by atoms with Crippen LogP contribution in [0.5, 0.6) is 0 Å². The van der Waals surface area contributed by atoms with Crippen LogP contribution in [-0.2, 0) is 9.53 Å². The van der Waals surface area contributed by atoms with Gasteiger partial charge in [-0.25, -0.2) is 9.78 Å². The Morgan fingerprint density at radius 3 is 2.85 bits per heavy atom. The van der Waals surface area contributed by atoms with Crippen molar-refractivity contribution in [3.8, 4) is 0 Å². The normalized spacial score (nSPS) is 12.9. The predicted octanol–water partition coefficient (Wildman–Crippen LogP) is 2.10. The highest BCUT2D eigenvalue weighted by molar-refractivity contribution is 5.74. The van der Waals surface area contributed by atoms with E-state index in [4.69, 9.17) is 4.74 Å². The fraction of sp³-hybridized carbons (Fsp3) is 0.357. The number of aldehydes is 1.